The van der Waals surface area contributed by atoms with Crippen LogP contribution < -0.4 is 5.32 Å². The smallest absolute Gasteiger partial charge is 0.317 e. The van der Waals surface area contributed by atoms with Crippen LogP contribution in [0.2, 0.25) is 0 Å². The molecule has 0 atom stereocenters. The molecule has 0 unspecified atom stereocenters. The Balaban J connectivity index is 2.22. The minimum Gasteiger partial charge on any atom is -0.481 e. The molecule has 1 aliphatic carbocycles. The summed E-state index contributed by atoms with van der Waals surface area (Å²) >= 11 is 0. The number of hydrogen-bond acceptors (Lipinski definition) is 3. The monoisotopic (exact) mass is 258 g/mol. The third-order valence-electron chi connectivity index (χ3n) is 3.11. The van der Waals surface area contributed by atoms with Crippen LogP contribution in [0.3, 0.4) is 0 Å². The molecular weight excluding hydrogens is 236 g/mol. The Labute approximate surface area is 107 Å². The van der Waals surface area contributed by atoms with Crippen molar-refractivity contribution in [1.82, 2.24) is 10.2 Å². The van der Waals surface area contributed by atoms with Gasteiger partial charge in [0.05, 0.1) is 18.1 Å². The van der Waals surface area contributed by atoms with Crippen molar-refractivity contribution in [3.05, 3.63) is 0 Å². The maximum Gasteiger partial charge on any atom is 0.317 e. The highest BCUT2D eigenvalue weighted by atomic mass is 16.5. The Bertz CT molecular complexity index is 313. The van der Waals surface area contributed by atoms with Gasteiger partial charge in [0, 0.05) is 20.1 Å². The molecule has 0 aromatic rings. The molecule has 0 aliphatic heterocycles. The van der Waals surface area contributed by atoms with E-state index < -0.39 is 11.4 Å². The van der Waals surface area contributed by atoms with E-state index in [9.17, 15) is 9.59 Å². The Morgan fingerprint density at radius 2 is 2.06 bits per heavy atom. The van der Waals surface area contributed by atoms with Crippen molar-refractivity contribution in [2.45, 2.75) is 32.8 Å². The van der Waals surface area contributed by atoms with E-state index in [4.69, 9.17) is 9.84 Å². The average molecular weight is 258 g/mol. The van der Waals surface area contributed by atoms with E-state index in [-0.39, 0.29) is 18.7 Å². The second-order valence-corrected chi connectivity index (χ2v) is 5.09. The molecule has 0 radical (unpaired) electrons. The second-order valence-electron chi connectivity index (χ2n) is 5.09. The SMILES string of the molecule is CC(C)OCCN(C)C(=O)NCC1(C(=O)O)CC1. The Hall–Kier alpha value is -1.30. The number of rotatable bonds is 7. The van der Waals surface area contributed by atoms with Crippen LogP contribution in [0.1, 0.15) is 26.7 Å². The number of carbonyl (C=O) groups is 2. The number of likely N-dealkylation sites (N-methyl/N-ethyl adjacent to an activating group) is 1. The van der Waals surface area contributed by atoms with Gasteiger partial charge in [0.25, 0.3) is 0 Å². The lowest BCUT2D eigenvalue weighted by molar-refractivity contribution is -0.143. The molecule has 1 fully saturated rings. The zero-order valence-corrected chi connectivity index (χ0v) is 11.2. The number of amides is 2. The van der Waals surface area contributed by atoms with E-state index >= 15 is 0 Å². The van der Waals surface area contributed by atoms with E-state index in [1.807, 2.05) is 13.8 Å². The number of urea groups is 1. The highest BCUT2D eigenvalue weighted by Crippen LogP contribution is 2.45. The van der Waals surface area contributed by atoms with E-state index in [2.05, 4.69) is 5.32 Å². The summed E-state index contributed by atoms with van der Waals surface area (Å²) in [6, 6.07) is -0.255. The summed E-state index contributed by atoms with van der Waals surface area (Å²) in [6.07, 6.45) is 1.43. The van der Waals surface area contributed by atoms with Crippen molar-refractivity contribution in [3.8, 4) is 0 Å². The predicted molar refractivity (Wildman–Crippen MR) is 66.4 cm³/mol. The molecule has 2 amide bonds. The van der Waals surface area contributed by atoms with Crippen molar-refractivity contribution in [2.75, 3.05) is 26.7 Å². The van der Waals surface area contributed by atoms with Crippen LogP contribution >= 0.6 is 0 Å². The van der Waals surface area contributed by atoms with Gasteiger partial charge in [-0.25, -0.2) is 4.79 Å². The largest absolute Gasteiger partial charge is 0.481 e. The van der Waals surface area contributed by atoms with Crippen molar-refractivity contribution in [1.29, 1.82) is 0 Å². The van der Waals surface area contributed by atoms with Crippen LogP contribution in [0.25, 0.3) is 0 Å². The standard InChI is InChI=1S/C12H22N2O4/c1-9(2)18-7-6-14(3)11(17)13-8-12(4-5-12)10(15)16/h9H,4-8H2,1-3H3,(H,13,17)(H,15,16). The van der Waals surface area contributed by atoms with Gasteiger partial charge in [0.15, 0.2) is 0 Å². The van der Waals surface area contributed by atoms with Crippen LogP contribution in [0, 0.1) is 5.41 Å². The van der Waals surface area contributed by atoms with Gasteiger partial charge in [-0.05, 0) is 26.7 Å². The van der Waals surface area contributed by atoms with Gasteiger partial charge in [-0.1, -0.05) is 0 Å². The normalized spacial score (nSPS) is 16.4. The predicted octanol–water partition coefficient (Wildman–Crippen LogP) is 0.918. The van der Waals surface area contributed by atoms with Gasteiger partial charge < -0.3 is 20.1 Å². The fourth-order valence-electron chi connectivity index (χ4n) is 1.52. The molecule has 0 spiro atoms. The first-order valence-corrected chi connectivity index (χ1v) is 6.21. The summed E-state index contributed by atoms with van der Waals surface area (Å²) in [7, 11) is 1.67. The minimum absolute atomic E-state index is 0.142. The molecular formula is C12H22N2O4. The molecule has 1 aliphatic rings. The lowest BCUT2D eigenvalue weighted by Crippen LogP contribution is -2.43. The molecule has 0 saturated heterocycles. The molecule has 104 valence electrons. The van der Waals surface area contributed by atoms with Gasteiger partial charge in [0.2, 0.25) is 0 Å². The van der Waals surface area contributed by atoms with E-state index in [1.54, 1.807) is 7.05 Å². The summed E-state index contributed by atoms with van der Waals surface area (Å²) in [5, 5.41) is 11.6. The third kappa shape index (κ3) is 4.18. The van der Waals surface area contributed by atoms with Gasteiger partial charge >= 0.3 is 12.0 Å². The summed E-state index contributed by atoms with van der Waals surface area (Å²) in [6.45, 7) is 5.04. The summed E-state index contributed by atoms with van der Waals surface area (Å²) in [5.74, 6) is -0.825. The highest BCUT2D eigenvalue weighted by Gasteiger charge is 2.50. The van der Waals surface area contributed by atoms with Crippen molar-refractivity contribution in [3.63, 3.8) is 0 Å². The molecule has 18 heavy (non-hydrogen) atoms. The summed E-state index contributed by atoms with van der Waals surface area (Å²) in [4.78, 5) is 24.1. The van der Waals surface area contributed by atoms with Gasteiger partial charge in [-0.2, -0.15) is 0 Å². The van der Waals surface area contributed by atoms with Gasteiger partial charge in [0.1, 0.15) is 0 Å². The maximum absolute atomic E-state index is 11.7. The molecule has 0 aromatic heterocycles. The number of nitrogens with one attached hydrogen (secondary N) is 1. The van der Waals surface area contributed by atoms with E-state index in [1.165, 1.54) is 4.90 Å². The number of hydrogen-bond donors (Lipinski definition) is 2. The Kier molecular flexibility index (Phi) is 4.95. The van der Waals surface area contributed by atoms with Crippen LogP contribution in [0.4, 0.5) is 4.79 Å². The minimum atomic E-state index is -0.825. The third-order valence-corrected chi connectivity index (χ3v) is 3.11. The quantitative estimate of drug-likeness (QED) is 0.711. The van der Waals surface area contributed by atoms with Crippen molar-refractivity contribution >= 4 is 12.0 Å². The van der Waals surface area contributed by atoms with Crippen molar-refractivity contribution in [2.24, 2.45) is 5.41 Å². The summed E-state index contributed by atoms with van der Waals surface area (Å²) < 4.78 is 5.34. The van der Waals surface area contributed by atoms with E-state index in [0.29, 0.717) is 26.0 Å². The lowest BCUT2D eigenvalue weighted by atomic mass is 10.1. The number of carboxylic acids is 1. The zero-order valence-electron chi connectivity index (χ0n) is 11.2. The first-order valence-electron chi connectivity index (χ1n) is 6.21. The zero-order chi connectivity index (χ0) is 13.8. The lowest BCUT2D eigenvalue weighted by Gasteiger charge is -2.20. The fourth-order valence-corrected chi connectivity index (χ4v) is 1.52. The van der Waals surface area contributed by atoms with Crippen LogP contribution in [0.15, 0.2) is 0 Å². The van der Waals surface area contributed by atoms with Gasteiger partial charge in [-0.15, -0.1) is 0 Å². The second kappa shape index (κ2) is 6.04. The first-order chi connectivity index (χ1) is 8.37. The fraction of sp³-hybridized carbons (Fsp3) is 0.833. The molecule has 6 nitrogen and oxygen atoms in total. The number of carboxylic acid groups (broad SMARTS) is 1. The van der Waals surface area contributed by atoms with Crippen LogP contribution in [0.5, 0.6) is 0 Å². The van der Waals surface area contributed by atoms with E-state index in [0.717, 1.165) is 0 Å². The molecule has 0 heterocycles. The van der Waals surface area contributed by atoms with Crippen LogP contribution in [-0.4, -0.2) is 54.9 Å². The topological polar surface area (TPSA) is 78.9 Å². The molecule has 1 rings (SSSR count). The van der Waals surface area contributed by atoms with Crippen LogP contribution in [-0.2, 0) is 9.53 Å². The molecule has 0 aromatic carbocycles. The number of ether oxygens (including phenoxy) is 1. The average Bonchev–Trinajstić information content (AvgIpc) is 3.06. The number of carbonyl (C=O) groups excluding carboxylic acids is 1. The van der Waals surface area contributed by atoms with Gasteiger partial charge in [-0.3, -0.25) is 4.79 Å². The first kappa shape index (κ1) is 14.8. The number of aliphatic carboxylic acids is 1. The maximum atomic E-state index is 11.7. The Morgan fingerprint density at radius 3 is 2.50 bits per heavy atom. The van der Waals surface area contributed by atoms with Crippen molar-refractivity contribution < 1.29 is 19.4 Å². The molecule has 6 heteroatoms. The molecule has 0 bridgehead atoms. The summed E-state index contributed by atoms with van der Waals surface area (Å²) in [5.41, 5.74) is -0.717. The molecule has 1 saturated carbocycles. The highest BCUT2D eigenvalue weighted by molar-refractivity contribution is 5.80. The Morgan fingerprint density at radius 1 is 1.44 bits per heavy atom. The molecule has 2 N–H and O–H groups in total. The number of nitrogens with zero attached hydrogens (tertiary/aromatic N) is 1.